The van der Waals surface area contributed by atoms with Gasteiger partial charge in [0.2, 0.25) is 0 Å². The van der Waals surface area contributed by atoms with Crippen LogP contribution in [0, 0.1) is 11.8 Å². The summed E-state index contributed by atoms with van der Waals surface area (Å²) in [7, 11) is 1.79. The molecule has 1 heterocycles. The van der Waals surface area contributed by atoms with Crippen molar-refractivity contribution in [2.24, 2.45) is 18.0 Å². The van der Waals surface area contributed by atoms with Gasteiger partial charge in [-0.25, -0.2) is 0 Å². The standard InChI is InChI=1S/C13H14IN3O4/c1-6-7(5-8(15)13(18)19)11-10(21-14)4-3-9(16-20)12(11)17(6)2/h3-4,8H,5,15H2,1-2H3,(H,18,19). The van der Waals surface area contributed by atoms with Crippen LogP contribution in [-0.2, 0) is 18.3 Å². The normalized spacial score (nSPS) is 12.4. The summed E-state index contributed by atoms with van der Waals surface area (Å²) >= 11 is 1.74. The number of halogens is 1. The molecule has 112 valence electrons. The second kappa shape index (κ2) is 5.98. The van der Waals surface area contributed by atoms with E-state index in [1.54, 1.807) is 46.8 Å². The van der Waals surface area contributed by atoms with E-state index in [2.05, 4.69) is 5.18 Å². The molecule has 0 aliphatic rings. The van der Waals surface area contributed by atoms with E-state index in [0.717, 1.165) is 11.3 Å². The SMILES string of the molecule is Cc1c(CC(N)C(=O)O)c2c(OI)ccc(N=O)c2n1C. The molecule has 1 aromatic heterocycles. The molecule has 21 heavy (non-hydrogen) atoms. The van der Waals surface area contributed by atoms with Gasteiger partial charge in [0.25, 0.3) is 0 Å². The fourth-order valence-corrected chi connectivity index (χ4v) is 2.81. The van der Waals surface area contributed by atoms with Crippen LogP contribution in [0.5, 0.6) is 5.75 Å². The summed E-state index contributed by atoms with van der Waals surface area (Å²) in [5.41, 5.74) is 8.11. The number of fused-ring (bicyclic) bond motifs is 1. The third kappa shape index (κ3) is 2.60. The molecule has 3 N–H and O–H groups in total. The number of aryl methyl sites for hydroxylation is 1. The highest BCUT2D eigenvalue weighted by Crippen LogP contribution is 2.39. The molecule has 2 rings (SSSR count). The van der Waals surface area contributed by atoms with E-state index in [4.69, 9.17) is 13.9 Å². The predicted octanol–water partition coefficient (Wildman–Crippen LogP) is 2.57. The maximum atomic E-state index is 11.0. The minimum absolute atomic E-state index is 0.147. The maximum absolute atomic E-state index is 11.0. The lowest BCUT2D eigenvalue weighted by Gasteiger charge is -2.08. The van der Waals surface area contributed by atoms with Crippen molar-refractivity contribution >= 4 is 45.6 Å². The van der Waals surface area contributed by atoms with E-state index in [9.17, 15) is 9.70 Å². The molecule has 0 radical (unpaired) electrons. The van der Waals surface area contributed by atoms with E-state index in [0.29, 0.717) is 16.7 Å². The second-order valence-corrected chi connectivity index (χ2v) is 5.19. The first-order chi connectivity index (χ1) is 9.92. The lowest BCUT2D eigenvalue weighted by molar-refractivity contribution is -0.138. The highest BCUT2D eigenvalue weighted by molar-refractivity contribution is 14.1. The summed E-state index contributed by atoms with van der Waals surface area (Å²) in [6.07, 6.45) is 0.147. The van der Waals surface area contributed by atoms with E-state index >= 15 is 0 Å². The van der Waals surface area contributed by atoms with Gasteiger partial charge >= 0.3 is 5.97 Å². The highest BCUT2D eigenvalue weighted by atomic mass is 127. The fourth-order valence-electron chi connectivity index (χ4n) is 2.44. The average molecular weight is 403 g/mol. The number of hydrogen-bond donors (Lipinski definition) is 2. The van der Waals surface area contributed by atoms with Crippen molar-refractivity contribution in [3.63, 3.8) is 0 Å². The summed E-state index contributed by atoms with van der Waals surface area (Å²) < 4.78 is 7.10. The molecule has 0 saturated carbocycles. The molecule has 7 nitrogen and oxygen atoms in total. The van der Waals surface area contributed by atoms with Crippen LogP contribution in [0.15, 0.2) is 17.3 Å². The summed E-state index contributed by atoms with van der Waals surface area (Å²) in [4.78, 5) is 22.0. The molecule has 1 aromatic carbocycles. The van der Waals surface area contributed by atoms with Crippen molar-refractivity contribution in [2.75, 3.05) is 0 Å². The molecule has 0 fully saturated rings. The Morgan fingerprint density at radius 2 is 2.24 bits per heavy atom. The van der Waals surface area contributed by atoms with E-state index < -0.39 is 12.0 Å². The number of nitrogens with zero attached hydrogens (tertiary/aromatic N) is 2. The number of benzene rings is 1. The quantitative estimate of drug-likeness (QED) is 0.590. The number of hydrogen-bond acceptors (Lipinski definition) is 5. The third-order valence-electron chi connectivity index (χ3n) is 3.62. The van der Waals surface area contributed by atoms with Gasteiger partial charge in [-0.2, -0.15) is 0 Å². The van der Waals surface area contributed by atoms with Gasteiger partial charge in [0, 0.05) is 24.5 Å². The minimum atomic E-state index is -1.08. The van der Waals surface area contributed by atoms with Crippen molar-refractivity contribution < 1.29 is 13.0 Å². The van der Waals surface area contributed by atoms with E-state index in [1.165, 1.54) is 0 Å². The number of aromatic nitrogens is 1. The lowest BCUT2D eigenvalue weighted by atomic mass is 10.0. The minimum Gasteiger partial charge on any atom is -0.480 e. The van der Waals surface area contributed by atoms with Crippen molar-refractivity contribution in [1.82, 2.24) is 4.57 Å². The van der Waals surface area contributed by atoms with Crippen molar-refractivity contribution in [3.05, 3.63) is 28.3 Å². The Labute approximate surface area is 134 Å². The van der Waals surface area contributed by atoms with Crippen molar-refractivity contribution in [3.8, 4) is 5.75 Å². The van der Waals surface area contributed by atoms with Crippen LogP contribution in [-0.4, -0.2) is 21.7 Å². The second-order valence-electron chi connectivity index (χ2n) is 4.75. The Morgan fingerprint density at radius 3 is 2.76 bits per heavy atom. The van der Waals surface area contributed by atoms with Gasteiger partial charge in [-0.15, -0.1) is 4.91 Å². The molecule has 0 saturated heterocycles. The fraction of sp³-hybridized carbons (Fsp3) is 0.308. The molecule has 0 aliphatic heterocycles. The Balaban J connectivity index is 2.78. The van der Waals surface area contributed by atoms with Gasteiger partial charge < -0.3 is 18.5 Å². The van der Waals surface area contributed by atoms with E-state index in [1.807, 2.05) is 6.92 Å². The molecular formula is C13H14IN3O4. The Morgan fingerprint density at radius 1 is 1.57 bits per heavy atom. The number of carbonyl (C=O) groups is 1. The zero-order chi connectivity index (χ0) is 15.7. The molecule has 8 heteroatoms. The van der Waals surface area contributed by atoms with Crippen LogP contribution in [0.3, 0.4) is 0 Å². The first-order valence-corrected chi connectivity index (χ1v) is 7.01. The molecule has 1 atom stereocenters. The van der Waals surface area contributed by atoms with Crippen LogP contribution in [0.25, 0.3) is 10.9 Å². The zero-order valence-corrected chi connectivity index (χ0v) is 13.6. The topological polar surface area (TPSA) is 107 Å². The smallest absolute Gasteiger partial charge is 0.320 e. The van der Waals surface area contributed by atoms with Gasteiger partial charge in [0.15, 0.2) is 23.0 Å². The Hall–Kier alpha value is -1.68. The molecule has 0 amide bonds. The molecule has 1 unspecified atom stereocenters. The van der Waals surface area contributed by atoms with Gasteiger partial charge in [0.05, 0.1) is 5.52 Å². The molecule has 0 bridgehead atoms. The average Bonchev–Trinajstić information content (AvgIpc) is 2.72. The van der Waals surface area contributed by atoms with Gasteiger partial charge in [-0.05, 0) is 29.8 Å². The number of aliphatic carboxylic acids is 1. The molecule has 0 spiro atoms. The van der Waals surface area contributed by atoms with Crippen LogP contribution >= 0.6 is 23.0 Å². The summed E-state index contributed by atoms with van der Waals surface area (Å²) in [6.45, 7) is 1.84. The maximum Gasteiger partial charge on any atom is 0.320 e. The van der Waals surface area contributed by atoms with Crippen molar-refractivity contribution in [2.45, 2.75) is 19.4 Å². The predicted molar refractivity (Wildman–Crippen MR) is 87.1 cm³/mol. The summed E-state index contributed by atoms with van der Waals surface area (Å²) in [5, 5.41) is 12.7. The Kier molecular flexibility index (Phi) is 4.47. The van der Waals surface area contributed by atoms with Crippen LogP contribution < -0.4 is 8.80 Å². The number of carboxylic acids is 1. The van der Waals surface area contributed by atoms with E-state index in [-0.39, 0.29) is 12.1 Å². The number of nitrogens with two attached hydrogens (primary N) is 1. The summed E-state index contributed by atoms with van der Waals surface area (Å²) in [5.74, 6) is -0.526. The number of carboxylic acid groups (broad SMARTS) is 1. The zero-order valence-electron chi connectivity index (χ0n) is 11.5. The largest absolute Gasteiger partial charge is 0.480 e. The van der Waals surface area contributed by atoms with Crippen LogP contribution in [0.1, 0.15) is 11.3 Å². The highest BCUT2D eigenvalue weighted by Gasteiger charge is 2.23. The lowest BCUT2D eigenvalue weighted by Crippen LogP contribution is -2.32. The number of nitroso groups, excluding NO2 is 1. The van der Waals surface area contributed by atoms with Gasteiger partial charge in [0.1, 0.15) is 17.5 Å². The van der Waals surface area contributed by atoms with Crippen LogP contribution in [0.4, 0.5) is 5.69 Å². The third-order valence-corrected chi connectivity index (χ3v) is 4.09. The Bertz CT molecular complexity index is 726. The summed E-state index contributed by atoms with van der Waals surface area (Å²) in [6, 6.07) is 2.19. The van der Waals surface area contributed by atoms with Crippen LogP contribution in [0.2, 0.25) is 0 Å². The first kappa shape index (κ1) is 15.7. The molecule has 0 aliphatic carbocycles. The van der Waals surface area contributed by atoms with Gasteiger partial charge in [-0.1, -0.05) is 0 Å². The van der Waals surface area contributed by atoms with Crippen molar-refractivity contribution in [1.29, 1.82) is 0 Å². The van der Waals surface area contributed by atoms with Gasteiger partial charge in [-0.3, -0.25) is 4.79 Å². The monoisotopic (exact) mass is 403 g/mol. The first-order valence-electron chi connectivity index (χ1n) is 6.13. The molecular weight excluding hydrogens is 389 g/mol. The number of rotatable bonds is 5. The molecule has 2 aromatic rings.